The fourth-order valence-electron chi connectivity index (χ4n) is 7.39. The molecule has 61 heavy (non-hydrogen) atoms. The van der Waals surface area contributed by atoms with Gasteiger partial charge in [0.25, 0.3) is 0 Å². The topological polar surface area (TPSA) is 93.3 Å². The molecular formula is C53H47N5ORuS. The van der Waals surface area contributed by atoms with Gasteiger partial charge >= 0.3 is 19.5 Å². The van der Waals surface area contributed by atoms with Gasteiger partial charge in [0.1, 0.15) is 0 Å². The van der Waals surface area contributed by atoms with Crippen molar-refractivity contribution in [2.45, 2.75) is 48.0 Å². The molecule has 0 N–H and O–H groups in total. The summed E-state index contributed by atoms with van der Waals surface area (Å²) in [5, 5.41) is 0. The third-order valence-electron chi connectivity index (χ3n) is 10.7. The molecule has 8 heteroatoms. The van der Waals surface area contributed by atoms with Gasteiger partial charge in [-0.3, -0.25) is 0 Å². The molecule has 7 aromatic rings. The molecule has 0 radical (unpaired) electrons. The molecule has 0 aliphatic carbocycles. The summed E-state index contributed by atoms with van der Waals surface area (Å²) in [5.41, 5.74) is 25.7. The Morgan fingerprint density at radius 2 is 0.672 bits per heavy atom. The van der Waals surface area contributed by atoms with Crippen molar-refractivity contribution in [2.24, 2.45) is 5.92 Å². The first-order chi connectivity index (χ1) is 29.1. The molecule has 0 fully saturated rings. The molecule has 0 saturated heterocycles. The molecule has 304 valence electrons. The second-order valence-electron chi connectivity index (χ2n) is 15.7. The van der Waals surface area contributed by atoms with Crippen molar-refractivity contribution >= 4 is 59.0 Å². The number of hydrogen-bond acceptors (Lipinski definition) is 4. The quantitative estimate of drug-likeness (QED) is 0.122. The van der Waals surface area contributed by atoms with Gasteiger partial charge in [0.05, 0.1) is 22.8 Å². The van der Waals surface area contributed by atoms with Crippen LogP contribution in [0.15, 0.2) is 121 Å². The second-order valence-corrected chi connectivity index (χ2v) is 16.1. The van der Waals surface area contributed by atoms with Gasteiger partial charge in [-0.25, -0.2) is 9.97 Å². The van der Waals surface area contributed by atoms with Crippen molar-refractivity contribution in [1.29, 1.82) is 0 Å². The standard InChI is InChI=1S/C48H36N4.C5H12S.NO.Ru/c1-29-5-13-33(14-6-29)45-37-21-23-39(49-37)46(34-15-7-30(2)8-16-34)41-25-27-43(51-41)48(36-19-11-32(4)12-20-36)44-28-26-42(52-44)47(40-24-22-38(45)50-40)35-17-9-31(3)10-18-35;1-5(2)3-4-6;1-2;/h5-28H,1-4H3;5-6H,3-4H2,1-2H3;;/q-2;;-1;+4/p-1. The van der Waals surface area contributed by atoms with Gasteiger partial charge in [0.15, 0.2) is 0 Å². The van der Waals surface area contributed by atoms with E-state index in [1.165, 1.54) is 28.7 Å². The molecule has 6 nitrogen and oxygen atoms in total. The van der Waals surface area contributed by atoms with Gasteiger partial charge in [-0.05, 0) is 102 Å². The molecule has 0 amide bonds. The summed E-state index contributed by atoms with van der Waals surface area (Å²) in [7, 11) is 0. The SMILES string of the molecule is CC(C)CC[S-].Cc1ccc(-c2c3nc(c(-c4ccc(C)cc4)c4ccc([n-]4)c(-c4ccc(C)cc4)c4nc(c(-c5ccc(C)cc5)c5ccc2[n-]5)C=C4)C=C3)cc1.[N-]=O.[Ru+4]. The maximum absolute atomic E-state index is 7.25. The molecule has 4 aromatic carbocycles. The van der Waals surface area contributed by atoms with Crippen LogP contribution in [0.5, 0.6) is 0 Å². The Labute approximate surface area is 377 Å². The molecule has 2 aliphatic rings. The number of benzene rings is 4. The Kier molecular flexibility index (Phi) is 14.7. The number of aromatic nitrogens is 4. The van der Waals surface area contributed by atoms with E-state index < -0.39 is 0 Å². The Morgan fingerprint density at radius 3 is 0.852 bits per heavy atom. The van der Waals surface area contributed by atoms with E-state index in [9.17, 15) is 0 Å². The van der Waals surface area contributed by atoms with E-state index in [-0.39, 0.29) is 19.5 Å². The van der Waals surface area contributed by atoms with Crippen LogP contribution in [0.25, 0.3) is 96.5 Å². The minimum absolute atomic E-state index is 0. The Balaban J connectivity index is 0.000000639. The Bertz CT molecular complexity index is 2480. The number of nitrogens with zero attached hydrogens (tertiary/aromatic N) is 5. The third kappa shape index (κ3) is 9.99. The summed E-state index contributed by atoms with van der Waals surface area (Å²) >= 11 is 4.73. The first kappa shape index (κ1) is 44.6. The van der Waals surface area contributed by atoms with E-state index in [0.717, 1.165) is 101 Å². The summed E-state index contributed by atoms with van der Waals surface area (Å²) in [6.07, 6.45) is 9.67. The first-order valence-electron chi connectivity index (χ1n) is 20.3. The van der Waals surface area contributed by atoms with Crippen LogP contribution >= 0.6 is 0 Å². The van der Waals surface area contributed by atoms with Gasteiger partial charge in [0.2, 0.25) is 0 Å². The summed E-state index contributed by atoms with van der Waals surface area (Å²) < 4.78 is 0. The molecule has 8 bridgehead atoms. The molecule has 0 saturated carbocycles. The van der Waals surface area contributed by atoms with E-state index in [4.69, 9.17) is 43.1 Å². The number of hydrogen-bond donors (Lipinski definition) is 0. The zero-order valence-electron chi connectivity index (χ0n) is 35.3. The number of aryl methyl sites for hydroxylation is 4. The smallest absolute Gasteiger partial charge is 0.793 e. The predicted octanol–water partition coefficient (Wildman–Crippen LogP) is 13.7. The van der Waals surface area contributed by atoms with Crippen LogP contribution in [0, 0.1) is 38.5 Å². The summed E-state index contributed by atoms with van der Waals surface area (Å²) in [4.78, 5) is 28.7. The Morgan fingerprint density at radius 1 is 0.443 bits per heavy atom. The Hall–Kier alpha value is -5.95. The minimum Gasteiger partial charge on any atom is -0.793 e. The minimum atomic E-state index is 0. The summed E-state index contributed by atoms with van der Waals surface area (Å²) in [5.74, 6) is 1.71. The van der Waals surface area contributed by atoms with Crippen molar-refractivity contribution in [2.75, 3.05) is 5.75 Å². The molecule has 0 atom stereocenters. The van der Waals surface area contributed by atoms with E-state index >= 15 is 0 Å². The van der Waals surface area contributed by atoms with Crippen LogP contribution in [-0.2, 0) is 32.1 Å². The fourth-order valence-corrected chi connectivity index (χ4v) is 7.86. The third-order valence-corrected chi connectivity index (χ3v) is 10.9. The normalized spacial score (nSPS) is 11.3. The second kappa shape index (κ2) is 20.1. The van der Waals surface area contributed by atoms with Crippen molar-refractivity contribution in [1.82, 2.24) is 19.9 Å². The van der Waals surface area contributed by atoms with Gasteiger partial charge < -0.3 is 33.1 Å². The van der Waals surface area contributed by atoms with E-state index in [1.807, 2.05) is 0 Å². The maximum Gasteiger partial charge on any atom is 4.00 e. The molecule has 0 spiro atoms. The van der Waals surface area contributed by atoms with Crippen LogP contribution in [0.2, 0.25) is 0 Å². The zero-order chi connectivity index (χ0) is 42.3. The number of fused-ring (bicyclic) bond motifs is 8. The van der Waals surface area contributed by atoms with Gasteiger partial charge in [0, 0.05) is 0 Å². The van der Waals surface area contributed by atoms with Crippen molar-refractivity contribution in [3.63, 3.8) is 0 Å². The fraction of sp³-hybridized carbons (Fsp3) is 0.170. The molecule has 3 aromatic heterocycles. The van der Waals surface area contributed by atoms with Crippen LogP contribution in [-0.4, -0.2) is 15.7 Å². The van der Waals surface area contributed by atoms with Crippen LogP contribution in [0.3, 0.4) is 0 Å². The van der Waals surface area contributed by atoms with Crippen molar-refractivity contribution in [3.8, 4) is 44.5 Å². The number of nitroso groups, excluding NO2 is 1. The largest absolute Gasteiger partial charge is 4.00 e. The molecule has 0 unspecified atom stereocenters. The average molecular weight is 903 g/mol. The monoisotopic (exact) mass is 903 g/mol. The summed E-state index contributed by atoms with van der Waals surface area (Å²) in [6, 6.07) is 43.0. The van der Waals surface area contributed by atoms with Crippen molar-refractivity contribution < 1.29 is 19.5 Å². The molecule has 9 rings (SSSR count). The first-order valence-corrected chi connectivity index (χ1v) is 20.8. The predicted molar refractivity (Wildman–Crippen MR) is 256 cm³/mol. The number of rotatable bonds is 6. The van der Waals surface area contributed by atoms with E-state index in [0.29, 0.717) is 0 Å². The van der Waals surface area contributed by atoms with Crippen LogP contribution < -0.4 is 9.97 Å². The zero-order valence-corrected chi connectivity index (χ0v) is 37.8. The van der Waals surface area contributed by atoms with Crippen LogP contribution in [0.1, 0.15) is 65.3 Å². The van der Waals surface area contributed by atoms with Gasteiger partial charge in [-0.1, -0.05) is 164 Å². The maximum atomic E-state index is 7.25. The van der Waals surface area contributed by atoms with E-state index in [1.54, 1.807) is 0 Å². The summed E-state index contributed by atoms with van der Waals surface area (Å²) in [6.45, 7) is 12.8. The molecule has 2 aliphatic heterocycles. The van der Waals surface area contributed by atoms with Gasteiger partial charge in [-0.15, -0.1) is 22.1 Å². The molecular weight excluding hydrogens is 856 g/mol. The van der Waals surface area contributed by atoms with Crippen LogP contribution in [0.4, 0.5) is 0 Å². The van der Waals surface area contributed by atoms with Crippen molar-refractivity contribution in [3.05, 3.63) is 177 Å². The van der Waals surface area contributed by atoms with Gasteiger partial charge in [-0.2, -0.15) is 5.75 Å². The van der Waals surface area contributed by atoms with E-state index in [2.05, 4.69) is 187 Å². The molecule has 5 heterocycles. The average Bonchev–Trinajstić information content (AvgIpc) is 4.10.